The largest absolute Gasteiger partial charge is 0.490 e. The second-order valence-electron chi connectivity index (χ2n) is 9.01. The van der Waals surface area contributed by atoms with Crippen LogP contribution in [0.15, 0.2) is 0 Å². The van der Waals surface area contributed by atoms with Crippen molar-refractivity contribution in [3.8, 4) is 0 Å². The molecule has 0 aromatic heterocycles. The van der Waals surface area contributed by atoms with Gasteiger partial charge >= 0.3 is 30.3 Å². The third-order valence-corrected chi connectivity index (χ3v) is 5.42. The predicted molar refractivity (Wildman–Crippen MR) is 140 cm³/mol. The highest BCUT2D eigenvalue weighted by Gasteiger charge is 2.40. The van der Waals surface area contributed by atoms with E-state index in [4.69, 9.17) is 42.4 Å². The van der Waals surface area contributed by atoms with Crippen molar-refractivity contribution in [1.82, 2.24) is 20.9 Å². The lowest BCUT2D eigenvalue weighted by Gasteiger charge is -2.29. The van der Waals surface area contributed by atoms with Crippen LogP contribution in [0.5, 0.6) is 0 Å². The molecule has 0 aromatic rings. The van der Waals surface area contributed by atoms with E-state index in [-0.39, 0.29) is 44.9 Å². The van der Waals surface area contributed by atoms with Gasteiger partial charge in [0.15, 0.2) is 5.96 Å². The van der Waals surface area contributed by atoms with Crippen molar-refractivity contribution in [1.29, 1.82) is 5.41 Å². The molecular weight excluding hydrogens is 650 g/mol. The van der Waals surface area contributed by atoms with Gasteiger partial charge in [0.25, 0.3) is 0 Å². The van der Waals surface area contributed by atoms with Crippen LogP contribution in [-0.2, 0) is 33.6 Å². The maximum atomic E-state index is 13.0. The molecule has 1 fully saturated rings. The van der Waals surface area contributed by atoms with Crippen LogP contribution in [0.1, 0.15) is 38.5 Å². The predicted octanol–water partition coefficient (Wildman–Crippen LogP) is -2.21. The number of nitrogens with one attached hydrogen (secondary N) is 4. The Bertz CT molecular complexity index is 1080. The Balaban J connectivity index is 0. The third-order valence-electron chi connectivity index (χ3n) is 5.42. The number of carboxylic acids is 3. The van der Waals surface area contributed by atoms with Crippen LogP contribution in [0.3, 0.4) is 0 Å². The van der Waals surface area contributed by atoms with Crippen LogP contribution < -0.4 is 33.2 Å². The van der Waals surface area contributed by atoms with Crippen molar-refractivity contribution in [2.75, 3.05) is 19.6 Å². The zero-order valence-electron chi connectivity index (χ0n) is 23.7. The van der Waals surface area contributed by atoms with E-state index in [0.717, 1.165) is 0 Å². The molecule has 1 saturated heterocycles. The molecule has 264 valence electrons. The molecule has 46 heavy (non-hydrogen) atoms. The Morgan fingerprint density at radius 1 is 0.870 bits per heavy atom. The van der Waals surface area contributed by atoms with Crippen LogP contribution in [-0.4, -0.2) is 118 Å². The molecule has 0 aliphatic carbocycles. The van der Waals surface area contributed by atoms with E-state index in [1.165, 1.54) is 4.90 Å². The zero-order chi connectivity index (χ0) is 36.4. The first-order valence-electron chi connectivity index (χ1n) is 12.7. The van der Waals surface area contributed by atoms with Crippen molar-refractivity contribution in [3.05, 3.63) is 0 Å². The highest BCUT2D eigenvalue weighted by atomic mass is 19.4. The summed E-state index contributed by atoms with van der Waals surface area (Å²) in [6.45, 7) is 0.150. The van der Waals surface area contributed by atoms with E-state index in [0.29, 0.717) is 19.3 Å². The molecule has 24 heteroatoms. The second kappa shape index (κ2) is 20.2. The molecule has 4 amide bonds. The van der Waals surface area contributed by atoms with E-state index in [1.807, 2.05) is 0 Å². The third kappa shape index (κ3) is 18.7. The molecule has 0 spiro atoms. The number of carboxylic acid groups (broad SMARTS) is 3. The summed E-state index contributed by atoms with van der Waals surface area (Å²) in [6.07, 6.45) is -9.10. The zero-order valence-corrected chi connectivity index (χ0v) is 23.7. The molecule has 1 heterocycles. The molecule has 3 atom stereocenters. The minimum Gasteiger partial charge on any atom is -0.480 e. The van der Waals surface area contributed by atoms with Crippen LogP contribution in [0, 0.1) is 5.41 Å². The molecule has 18 nitrogen and oxygen atoms in total. The van der Waals surface area contributed by atoms with Crippen molar-refractivity contribution in [2.24, 2.45) is 17.2 Å². The van der Waals surface area contributed by atoms with Crippen molar-refractivity contribution >= 4 is 47.5 Å². The van der Waals surface area contributed by atoms with Gasteiger partial charge in [0.2, 0.25) is 23.6 Å². The van der Waals surface area contributed by atoms with Gasteiger partial charge in [-0.3, -0.25) is 24.6 Å². The summed E-state index contributed by atoms with van der Waals surface area (Å²) in [4.78, 5) is 79.2. The number of hydrogen-bond donors (Lipinski definition) is 10. The van der Waals surface area contributed by atoms with Gasteiger partial charge in [-0.1, -0.05) is 0 Å². The van der Waals surface area contributed by atoms with Gasteiger partial charge in [0.1, 0.15) is 18.1 Å². The summed E-state index contributed by atoms with van der Waals surface area (Å²) in [5.74, 6) is -9.42. The minimum atomic E-state index is -5.08. The summed E-state index contributed by atoms with van der Waals surface area (Å²) in [5.41, 5.74) is 15.6. The van der Waals surface area contributed by atoms with Crippen LogP contribution >= 0.6 is 0 Å². The number of guanidine groups is 1. The van der Waals surface area contributed by atoms with E-state index >= 15 is 0 Å². The number of nitrogens with zero attached hydrogens (tertiary/aromatic N) is 1. The molecule has 1 aliphatic heterocycles. The first-order valence-corrected chi connectivity index (χ1v) is 12.7. The Hall–Kier alpha value is -4.90. The number of amides is 4. The van der Waals surface area contributed by atoms with Crippen LogP contribution in [0.25, 0.3) is 0 Å². The van der Waals surface area contributed by atoms with Crippen molar-refractivity contribution in [2.45, 2.75) is 69.0 Å². The van der Waals surface area contributed by atoms with Gasteiger partial charge in [0, 0.05) is 19.5 Å². The number of alkyl halides is 6. The van der Waals surface area contributed by atoms with Crippen molar-refractivity contribution < 1.29 is 75.2 Å². The molecule has 0 aromatic carbocycles. The van der Waals surface area contributed by atoms with Crippen molar-refractivity contribution in [3.63, 3.8) is 0 Å². The summed E-state index contributed by atoms with van der Waals surface area (Å²) < 4.78 is 63.5. The number of likely N-dealkylation sites (tertiary alicyclic amines) is 1. The lowest BCUT2D eigenvalue weighted by molar-refractivity contribution is -0.193. The number of primary amides is 1. The quantitative estimate of drug-likeness (QED) is 0.0426. The first kappa shape index (κ1) is 43.2. The number of nitrogens with two attached hydrogens (primary N) is 3. The number of hydrogen-bond acceptors (Lipinski definition) is 9. The average Bonchev–Trinajstić information content (AvgIpc) is 3.41. The summed E-state index contributed by atoms with van der Waals surface area (Å²) in [7, 11) is 0. The molecule has 0 unspecified atom stereocenters. The molecule has 13 N–H and O–H groups in total. The fourth-order valence-electron chi connectivity index (χ4n) is 3.36. The summed E-state index contributed by atoms with van der Waals surface area (Å²) >= 11 is 0. The van der Waals surface area contributed by atoms with E-state index in [9.17, 15) is 55.4 Å². The van der Waals surface area contributed by atoms with Gasteiger partial charge in [-0.05, 0) is 32.1 Å². The van der Waals surface area contributed by atoms with Gasteiger partial charge in [-0.25, -0.2) is 14.4 Å². The molecule has 1 aliphatic rings. The SMILES string of the molecule is N=C(N)NCCC[C@H](NC(=O)[C@@H]1CCCN1C(=O)[C@H](CCC(N)=O)NC(=O)CN)C(=O)O.O=C(O)C(F)(F)F.O=C(O)C(F)(F)F. The Morgan fingerprint density at radius 2 is 1.37 bits per heavy atom. The standard InChI is InChI=1S/C18H32N8O6.2C2HF3O2/c19-9-14(28)24-10(5-6-13(20)27)16(30)26-8-2-4-12(26)15(29)25-11(17(31)32)3-1-7-23-18(21)22;2*3-2(4,5)1(6)7/h10-12H,1-9,19H2,(H2,20,27)(H,24,28)(H,25,29)(H,31,32)(H4,21,22,23);2*(H,6,7)/t10-,11-,12-;;/m0../s1. The number of carbonyl (C=O) groups excluding carboxylic acids is 4. The Kier molecular flexibility index (Phi) is 19.0. The monoisotopic (exact) mass is 684 g/mol. The smallest absolute Gasteiger partial charge is 0.480 e. The molecule has 0 bridgehead atoms. The summed E-state index contributed by atoms with van der Waals surface area (Å²) in [5, 5.41) is 38.2. The summed E-state index contributed by atoms with van der Waals surface area (Å²) in [6, 6.07) is -3.18. The van der Waals surface area contributed by atoms with E-state index < -0.39 is 72.0 Å². The number of rotatable bonds is 13. The van der Waals surface area contributed by atoms with Crippen LogP contribution in [0.4, 0.5) is 26.3 Å². The van der Waals surface area contributed by atoms with Gasteiger partial charge in [0.05, 0.1) is 6.54 Å². The van der Waals surface area contributed by atoms with E-state index in [1.54, 1.807) is 0 Å². The maximum absolute atomic E-state index is 13.0. The second-order valence-corrected chi connectivity index (χ2v) is 9.01. The molecular formula is C22H34F6N8O10. The Labute approximate surface area is 255 Å². The molecule has 1 rings (SSSR count). The molecule has 0 saturated carbocycles. The van der Waals surface area contributed by atoms with Gasteiger partial charge < -0.3 is 53.4 Å². The van der Waals surface area contributed by atoms with Gasteiger partial charge in [-0.2, -0.15) is 26.3 Å². The number of aliphatic carboxylic acids is 3. The number of carbonyl (C=O) groups is 7. The normalized spacial score (nSPS) is 15.4. The van der Waals surface area contributed by atoms with E-state index in [2.05, 4.69) is 16.0 Å². The number of halogens is 6. The highest BCUT2D eigenvalue weighted by Crippen LogP contribution is 2.20. The fourth-order valence-corrected chi connectivity index (χ4v) is 3.36. The Morgan fingerprint density at radius 3 is 1.76 bits per heavy atom. The van der Waals surface area contributed by atoms with Crippen LogP contribution in [0.2, 0.25) is 0 Å². The lowest BCUT2D eigenvalue weighted by atomic mass is 10.1. The lowest BCUT2D eigenvalue weighted by Crippen LogP contribution is -2.56. The molecule has 0 radical (unpaired) electrons. The fraction of sp³-hybridized carbons (Fsp3) is 0.636. The first-order chi connectivity index (χ1) is 20.9. The average molecular weight is 685 g/mol. The topological polar surface area (TPSA) is 321 Å². The minimum absolute atomic E-state index is 0.0500. The van der Waals surface area contributed by atoms with Gasteiger partial charge in [-0.15, -0.1) is 0 Å². The highest BCUT2D eigenvalue weighted by molar-refractivity contribution is 5.94. The maximum Gasteiger partial charge on any atom is 0.490 e.